The SMILES string of the molecule is CCOC(=O)Nc1nc2c(-c3ncccn3)cc(-c3cnc(CN4CCO[C@H](C)C4)nc3)cc2[nH]1. The number of fused-ring (bicyclic) bond motifs is 1. The normalized spacial score (nSPS) is 16.3. The molecule has 0 radical (unpaired) electrons. The summed E-state index contributed by atoms with van der Waals surface area (Å²) in [6.07, 6.45) is 6.62. The molecule has 1 aliphatic rings. The van der Waals surface area contributed by atoms with Crippen molar-refractivity contribution in [2.24, 2.45) is 0 Å². The van der Waals surface area contributed by atoms with Crippen LogP contribution in [-0.4, -0.2) is 73.3 Å². The molecule has 0 bridgehead atoms. The van der Waals surface area contributed by atoms with Gasteiger partial charge in [0.05, 0.1) is 31.4 Å². The zero-order valence-electron chi connectivity index (χ0n) is 19.6. The minimum absolute atomic E-state index is 0.214. The summed E-state index contributed by atoms with van der Waals surface area (Å²) < 4.78 is 10.6. The number of anilines is 1. The molecule has 35 heavy (non-hydrogen) atoms. The Hall–Kier alpha value is -3.96. The average Bonchev–Trinajstić information content (AvgIpc) is 3.27. The van der Waals surface area contributed by atoms with Crippen LogP contribution in [0.5, 0.6) is 0 Å². The summed E-state index contributed by atoms with van der Waals surface area (Å²) in [6, 6.07) is 5.65. The number of imidazole rings is 1. The van der Waals surface area contributed by atoms with Crippen LogP contribution in [0, 0.1) is 0 Å². The van der Waals surface area contributed by atoms with Gasteiger partial charge < -0.3 is 14.5 Å². The van der Waals surface area contributed by atoms with Crippen LogP contribution in [0.4, 0.5) is 10.7 Å². The number of nitrogens with one attached hydrogen (secondary N) is 2. The topological polar surface area (TPSA) is 131 Å². The third-order valence-corrected chi connectivity index (χ3v) is 5.62. The number of benzene rings is 1. The summed E-state index contributed by atoms with van der Waals surface area (Å²) >= 11 is 0. The summed E-state index contributed by atoms with van der Waals surface area (Å²) in [5, 5.41) is 2.61. The van der Waals surface area contributed by atoms with Gasteiger partial charge in [0, 0.05) is 49.0 Å². The van der Waals surface area contributed by atoms with Gasteiger partial charge in [-0.15, -0.1) is 0 Å². The Labute approximate surface area is 202 Å². The number of nitrogens with zero attached hydrogens (tertiary/aromatic N) is 6. The first kappa shape index (κ1) is 22.8. The van der Waals surface area contributed by atoms with Gasteiger partial charge in [0.2, 0.25) is 5.95 Å². The van der Waals surface area contributed by atoms with E-state index >= 15 is 0 Å². The number of hydrogen-bond donors (Lipinski definition) is 2. The van der Waals surface area contributed by atoms with Crippen molar-refractivity contribution in [3.63, 3.8) is 0 Å². The van der Waals surface area contributed by atoms with Crippen LogP contribution >= 0.6 is 0 Å². The van der Waals surface area contributed by atoms with E-state index in [0.717, 1.165) is 42.2 Å². The van der Waals surface area contributed by atoms with Crippen LogP contribution < -0.4 is 5.32 Å². The highest BCUT2D eigenvalue weighted by Crippen LogP contribution is 2.32. The van der Waals surface area contributed by atoms with Crippen LogP contribution in [0.3, 0.4) is 0 Å². The fourth-order valence-corrected chi connectivity index (χ4v) is 4.04. The maximum Gasteiger partial charge on any atom is 0.413 e. The van der Waals surface area contributed by atoms with Crippen molar-refractivity contribution < 1.29 is 14.3 Å². The third-order valence-electron chi connectivity index (χ3n) is 5.62. The molecule has 0 aliphatic carbocycles. The van der Waals surface area contributed by atoms with Gasteiger partial charge in [-0.25, -0.2) is 29.7 Å². The van der Waals surface area contributed by atoms with E-state index in [1.165, 1.54) is 0 Å². The molecule has 0 spiro atoms. The fourth-order valence-electron chi connectivity index (χ4n) is 4.04. The second-order valence-corrected chi connectivity index (χ2v) is 8.23. The third kappa shape index (κ3) is 5.26. The van der Waals surface area contributed by atoms with E-state index in [4.69, 9.17) is 9.47 Å². The van der Waals surface area contributed by atoms with E-state index in [9.17, 15) is 4.79 Å². The molecule has 1 fully saturated rings. The minimum atomic E-state index is -0.581. The lowest BCUT2D eigenvalue weighted by Crippen LogP contribution is -2.40. The molecule has 1 saturated heterocycles. The molecule has 5 rings (SSSR count). The maximum atomic E-state index is 11.9. The van der Waals surface area contributed by atoms with Gasteiger partial charge >= 0.3 is 6.09 Å². The summed E-state index contributed by atoms with van der Waals surface area (Å²) in [6.45, 7) is 7.21. The molecule has 1 amide bonds. The largest absolute Gasteiger partial charge is 0.450 e. The quantitative estimate of drug-likeness (QED) is 0.432. The Morgan fingerprint density at radius 3 is 2.74 bits per heavy atom. The summed E-state index contributed by atoms with van der Waals surface area (Å²) in [5.41, 5.74) is 3.78. The van der Waals surface area contributed by atoms with Crippen LogP contribution in [0.1, 0.15) is 19.7 Å². The van der Waals surface area contributed by atoms with Crippen molar-refractivity contribution in [1.29, 1.82) is 0 Å². The van der Waals surface area contributed by atoms with E-state index in [2.05, 4.69) is 47.0 Å². The number of amides is 1. The van der Waals surface area contributed by atoms with Crippen molar-refractivity contribution in [3.05, 3.63) is 48.8 Å². The fraction of sp³-hybridized carbons (Fsp3) is 0.333. The van der Waals surface area contributed by atoms with Gasteiger partial charge in [0.15, 0.2) is 5.82 Å². The maximum absolute atomic E-state index is 11.9. The molecular weight excluding hydrogens is 448 g/mol. The number of carbonyl (C=O) groups excluding carboxylic acids is 1. The summed E-state index contributed by atoms with van der Waals surface area (Å²) in [4.78, 5) is 39.8. The van der Waals surface area contributed by atoms with Crippen molar-refractivity contribution in [2.75, 3.05) is 31.6 Å². The average molecular weight is 475 g/mol. The number of hydrogen-bond acceptors (Lipinski definition) is 9. The van der Waals surface area contributed by atoms with E-state index in [-0.39, 0.29) is 18.7 Å². The molecule has 1 aliphatic heterocycles. The zero-order valence-corrected chi connectivity index (χ0v) is 19.6. The van der Waals surface area contributed by atoms with Gasteiger partial charge in [-0.3, -0.25) is 10.2 Å². The number of ether oxygens (including phenoxy) is 2. The van der Waals surface area contributed by atoms with Gasteiger partial charge in [0.25, 0.3) is 0 Å². The molecule has 0 saturated carbocycles. The Kier molecular flexibility index (Phi) is 6.59. The van der Waals surface area contributed by atoms with Gasteiger partial charge in [-0.2, -0.15) is 0 Å². The molecule has 4 heterocycles. The second kappa shape index (κ2) is 10.1. The number of aromatic amines is 1. The molecule has 4 aromatic rings. The first-order valence-electron chi connectivity index (χ1n) is 11.5. The zero-order chi connectivity index (χ0) is 24.2. The predicted molar refractivity (Wildman–Crippen MR) is 129 cm³/mol. The first-order chi connectivity index (χ1) is 17.1. The monoisotopic (exact) mass is 474 g/mol. The van der Waals surface area contributed by atoms with E-state index < -0.39 is 6.09 Å². The number of H-pyrrole nitrogens is 1. The number of aromatic nitrogens is 6. The highest BCUT2D eigenvalue weighted by atomic mass is 16.5. The lowest BCUT2D eigenvalue weighted by atomic mass is 10.0. The Morgan fingerprint density at radius 1 is 1.20 bits per heavy atom. The van der Waals surface area contributed by atoms with Gasteiger partial charge in [-0.05, 0) is 37.6 Å². The minimum Gasteiger partial charge on any atom is -0.450 e. The Balaban J connectivity index is 1.47. The Morgan fingerprint density at radius 2 is 2.00 bits per heavy atom. The lowest BCUT2D eigenvalue weighted by Gasteiger charge is -2.30. The number of carbonyl (C=O) groups is 1. The van der Waals surface area contributed by atoms with Crippen molar-refractivity contribution in [1.82, 2.24) is 34.8 Å². The molecule has 1 aromatic carbocycles. The van der Waals surface area contributed by atoms with Crippen molar-refractivity contribution in [2.45, 2.75) is 26.5 Å². The molecule has 11 nitrogen and oxygen atoms in total. The summed E-state index contributed by atoms with van der Waals surface area (Å²) in [5.74, 6) is 1.56. The van der Waals surface area contributed by atoms with Crippen molar-refractivity contribution >= 4 is 23.1 Å². The van der Waals surface area contributed by atoms with E-state index in [0.29, 0.717) is 23.4 Å². The molecule has 1 atom stereocenters. The highest BCUT2D eigenvalue weighted by molar-refractivity contribution is 5.96. The van der Waals surface area contributed by atoms with Gasteiger partial charge in [0.1, 0.15) is 11.3 Å². The summed E-state index contributed by atoms with van der Waals surface area (Å²) in [7, 11) is 0. The predicted octanol–water partition coefficient (Wildman–Crippen LogP) is 3.27. The van der Waals surface area contributed by atoms with Gasteiger partial charge in [-0.1, -0.05) is 0 Å². The smallest absolute Gasteiger partial charge is 0.413 e. The van der Waals surface area contributed by atoms with E-state index in [1.54, 1.807) is 25.4 Å². The first-order valence-corrected chi connectivity index (χ1v) is 11.5. The van der Waals surface area contributed by atoms with Crippen LogP contribution in [0.2, 0.25) is 0 Å². The molecule has 180 valence electrons. The molecular formula is C24H26N8O3. The Bertz CT molecular complexity index is 1310. The number of rotatable bonds is 6. The number of morpholine rings is 1. The standard InChI is InChI=1S/C24H26N8O3/c1-3-34-24(33)31-23-29-19-10-16(9-18(21(19)30-23)22-25-5-4-6-26-22)17-11-27-20(28-12-17)14-32-7-8-35-15(2)13-32/h4-6,9-12,15H,3,7-8,13-14H2,1-2H3,(H2,29,30,31,33)/t15-/m1/s1. The van der Waals surface area contributed by atoms with Crippen LogP contribution in [0.15, 0.2) is 43.0 Å². The highest BCUT2D eigenvalue weighted by Gasteiger charge is 2.19. The molecule has 3 aromatic heterocycles. The molecule has 2 N–H and O–H groups in total. The van der Waals surface area contributed by atoms with E-state index in [1.807, 2.05) is 24.5 Å². The lowest BCUT2D eigenvalue weighted by molar-refractivity contribution is -0.0220. The molecule has 0 unspecified atom stereocenters. The van der Waals surface area contributed by atoms with Crippen LogP contribution in [-0.2, 0) is 16.0 Å². The second-order valence-electron chi connectivity index (χ2n) is 8.23. The molecule has 11 heteroatoms. The van der Waals surface area contributed by atoms with Crippen molar-refractivity contribution in [3.8, 4) is 22.5 Å². The van der Waals surface area contributed by atoms with Crippen LogP contribution in [0.25, 0.3) is 33.5 Å².